The molecule has 130 valence electrons. The van der Waals surface area contributed by atoms with Gasteiger partial charge in [-0.1, -0.05) is 99.3 Å². The first-order valence-electron chi connectivity index (χ1n) is 8.44. The Bertz CT molecular complexity index is 670. The van der Waals surface area contributed by atoms with Crippen LogP contribution in [0, 0.1) is 0 Å². The van der Waals surface area contributed by atoms with Crippen molar-refractivity contribution in [2.75, 3.05) is 6.61 Å². The minimum absolute atomic E-state index is 0.342. The lowest BCUT2D eigenvalue weighted by atomic mass is 10.2. The maximum absolute atomic E-state index is 11.5. The van der Waals surface area contributed by atoms with Crippen molar-refractivity contribution >= 4 is 18.1 Å². The lowest BCUT2D eigenvalue weighted by molar-refractivity contribution is -0.138. The number of ether oxygens (including phenoxy) is 1. The van der Waals surface area contributed by atoms with Crippen LogP contribution in [-0.2, 0) is 9.53 Å². The van der Waals surface area contributed by atoms with Gasteiger partial charge >= 0.3 is 5.97 Å². The van der Waals surface area contributed by atoms with Gasteiger partial charge in [-0.2, -0.15) is 0 Å². The number of benzene rings is 2. The zero-order valence-electron chi connectivity index (χ0n) is 14.9. The lowest BCUT2D eigenvalue weighted by Crippen LogP contribution is -2.06. The average molecular weight is 334 g/mol. The predicted octanol–water partition coefficient (Wildman–Crippen LogP) is 5.93. The standard InChI is InChI=1S/C15H18O2.C8H8/c1-3-4-12-17-15(16)13(2)10-11-14-8-6-5-7-9-14;1-2-8-6-4-3-5-7-8/h5-11H,2-4,12H2,1H3;2-7H,1H2. The van der Waals surface area contributed by atoms with Gasteiger partial charge in [0, 0.05) is 0 Å². The van der Waals surface area contributed by atoms with E-state index in [9.17, 15) is 4.79 Å². The molecule has 0 unspecified atom stereocenters. The molecule has 0 N–H and O–H groups in total. The summed E-state index contributed by atoms with van der Waals surface area (Å²) in [4.78, 5) is 11.5. The Labute approximate surface area is 151 Å². The first-order chi connectivity index (χ1) is 12.2. The smallest absolute Gasteiger partial charge is 0.337 e. The summed E-state index contributed by atoms with van der Waals surface area (Å²) in [5, 5.41) is 0. The van der Waals surface area contributed by atoms with Crippen molar-refractivity contribution in [2.45, 2.75) is 19.8 Å². The normalized spacial score (nSPS) is 9.80. The Morgan fingerprint density at radius 1 is 1.00 bits per heavy atom. The van der Waals surface area contributed by atoms with Crippen LogP contribution in [0.3, 0.4) is 0 Å². The van der Waals surface area contributed by atoms with Crippen molar-refractivity contribution in [3.05, 3.63) is 96.6 Å². The molecule has 2 rings (SSSR count). The van der Waals surface area contributed by atoms with E-state index in [0.717, 1.165) is 18.4 Å². The number of rotatable bonds is 7. The molecular formula is C23H26O2. The Morgan fingerprint density at radius 2 is 1.56 bits per heavy atom. The Balaban J connectivity index is 0.000000324. The van der Waals surface area contributed by atoms with E-state index < -0.39 is 0 Å². The third-order valence-electron chi connectivity index (χ3n) is 3.31. The van der Waals surface area contributed by atoms with Crippen LogP contribution in [0.2, 0.25) is 0 Å². The van der Waals surface area contributed by atoms with Gasteiger partial charge in [0.2, 0.25) is 0 Å². The second-order valence-electron chi connectivity index (χ2n) is 5.37. The monoisotopic (exact) mass is 334 g/mol. The molecule has 25 heavy (non-hydrogen) atoms. The van der Waals surface area contributed by atoms with Crippen LogP contribution in [0.4, 0.5) is 0 Å². The molecule has 2 aromatic carbocycles. The highest BCUT2D eigenvalue weighted by atomic mass is 16.5. The fraction of sp³-hybridized carbons (Fsp3) is 0.174. The van der Waals surface area contributed by atoms with E-state index in [1.807, 2.05) is 72.8 Å². The van der Waals surface area contributed by atoms with Crippen molar-refractivity contribution < 1.29 is 9.53 Å². The van der Waals surface area contributed by atoms with Crippen LogP contribution < -0.4 is 0 Å². The molecule has 0 aliphatic heterocycles. The Morgan fingerprint density at radius 3 is 2.04 bits per heavy atom. The van der Waals surface area contributed by atoms with E-state index in [0.29, 0.717) is 12.2 Å². The summed E-state index contributed by atoms with van der Waals surface area (Å²) in [5.74, 6) is -0.342. The molecule has 0 saturated carbocycles. The summed E-state index contributed by atoms with van der Waals surface area (Å²) in [6.45, 7) is 9.84. The van der Waals surface area contributed by atoms with Crippen molar-refractivity contribution in [1.82, 2.24) is 0 Å². The quantitative estimate of drug-likeness (QED) is 0.271. The van der Waals surface area contributed by atoms with Crippen LogP contribution >= 0.6 is 0 Å². The highest BCUT2D eigenvalue weighted by Crippen LogP contribution is 2.05. The maximum Gasteiger partial charge on any atom is 0.337 e. The molecular weight excluding hydrogens is 308 g/mol. The molecule has 0 aliphatic rings. The van der Waals surface area contributed by atoms with Crippen LogP contribution in [-0.4, -0.2) is 12.6 Å². The van der Waals surface area contributed by atoms with Crippen molar-refractivity contribution in [2.24, 2.45) is 0 Å². The van der Waals surface area contributed by atoms with Gasteiger partial charge in [-0.3, -0.25) is 0 Å². The van der Waals surface area contributed by atoms with Gasteiger partial charge < -0.3 is 4.74 Å². The molecule has 0 spiro atoms. The average Bonchev–Trinajstić information content (AvgIpc) is 2.68. The highest BCUT2D eigenvalue weighted by molar-refractivity contribution is 5.92. The minimum Gasteiger partial charge on any atom is -0.462 e. The van der Waals surface area contributed by atoms with Gasteiger partial charge in [0.05, 0.1) is 12.2 Å². The molecule has 2 aromatic rings. The van der Waals surface area contributed by atoms with Crippen LogP contribution in [0.5, 0.6) is 0 Å². The summed E-state index contributed by atoms with van der Waals surface area (Å²) in [7, 11) is 0. The number of hydrogen-bond donors (Lipinski definition) is 0. The van der Waals surface area contributed by atoms with Gasteiger partial charge in [0.15, 0.2) is 0 Å². The molecule has 0 bridgehead atoms. The second-order valence-corrected chi connectivity index (χ2v) is 5.37. The number of hydrogen-bond acceptors (Lipinski definition) is 2. The summed E-state index contributed by atoms with van der Waals surface area (Å²) in [6, 6.07) is 19.8. The topological polar surface area (TPSA) is 26.3 Å². The molecule has 0 saturated heterocycles. The lowest BCUT2D eigenvalue weighted by Gasteiger charge is -2.02. The molecule has 0 atom stereocenters. The summed E-state index contributed by atoms with van der Waals surface area (Å²) in [6.07, 6.45) is 7.27. The third-order valence-corrected chi connectivity index (χ3v) is 3.31. The first kappa shape index (κ1) is 20.2. The maximum atomic E-state index is 11.5. The van der Waals surface area contributed by atoms with Crippen LogP contribution in [0.25, 0.3) is 12.2 Å². The third kappa shape index (κ3) is 9.11. The van der Waals surface area contributed by atoms with E-state index in [1.54, 1.807) is 6.08 Å². The van der Waals surface area contributed by atoms with Crippen LogP contribution in [0.1, 0.15) is 30.9 Å². The molecule has 0 fully saturated rings. The molecule has 0 radical (unpaired) electrons. The fourth-order valence-corrected chi connectivity index (χ4v) is 1.82. The largest absolute Gasteiger partial charge is 0.462 e. The Hall–Kier alpha value is -2.87. The molecule has 2 heteroatoms. The van der Waals surface area contributed by atoms with Crippen molar-refractivity contribution in [3.63, 3.8) is 0 Å². The predicted molar refractivity (Wildman–Crippen MR) is 107 cm³/mol. The summed E-state index contributed by atoms with van der Waals surface area (Å²) >= 11 is 0. The van der Waals surface area contributed by atoms with Gasteiger partial charge in [0.25, 0.3) is 0 Å². The van der Waals surface area contributed by atoms with E-state index in [-0.39, 0.29) is 5.97 Å². The summed E-state index contributed by atoms with van der Waals surface area (Å²) < 4.78 is 5.04. The molecule has 0 aromatic heterocycles. The Kier molecular flexibility index (Phi) is 10.1. The number of carbonyl (C=O) groups is 1. The number of unbranched alkanes of at least 4 members (excludes halogenated alkanes) is 1. The van der Waals surface area contributed by atoms with Gasteiger partial charge in [-0.15, -0.1) is 0 Å². The summed E-state index contributed by atoms with van der Waals surface area (Å²) in [5.41, 5.74) is 2.59. The van der Waals surface area contributed by atoms with Crippen LogP contribution in [0.15, 0.2) is 85.5 Å². The zero-order chi connectivity index (χ0) is 18.3. The number of esters is 1. The SMILES string of the molecule is C=C(C=Cc1ccccc1)C(=O)OCCCC.C=Cc1ccccc1. The molecule has 2 nitrogen and oxygen atoms in total. The van der Waals surface area contributed by atoms with E-state index >= 15 is 0 Å². The van der Waals surface area contributed by atoms with Gasteiger partial charge in [-0.25, -0.2) is 4.79 Å². The van der Waals surface area contributed by atoms with E-state index in [2.05, 4.69) is 20.1 Å². The van der Waals surface area contributed by atoms with Crippen molar-refractivity contribution in [3.8, 4) is 0 Å². The zero-order valence-corrected chi connectivity index (χ0v) is 14.9. The minimum atomic E-state index is -0.342. The van der Waals surface area contributed by atoms with E-state index in [4.69, 9.17) is 4.74 Å². The molecule has 0 heterocycles. The molecule has 0 aliphatic carbocycles. The van der Waals surface area contributed by atoms with Crippen molar-refractivity contribution in [1.29, 1.82) is 0 Å². The highest BCUT2D eigenvalue weighted by Gasteiger charge is 2.03. The second kappa shape index (κ2) is 12.5. The van der Waals surface area contributed by atoms with E-state index in [1.165, 1.54) is 5.56 Å². The fourth-order valence-electron chi connectivity index (χ4n) is 1.82. The number of carbonyl (C=O) groups excluding carboxylic acids is 1. The first-order valence-corrected chi connectivity index (χ1v) is 8.44. The van der Waals surface area contributed by atoms with Gasteiger partial charge in [-0.05, 0) is 23.6 Å². The van der Waals surface area contributed by atoms with Gasteiger partial charge in [0.1, 0.15) is 0 Å². The molecule has 0 amide bonds.